The first-order valence-corrected chi connectivity index (χ1v) is 9.43. The third-order valence-corrected chi connectivity index (χ3v) is 5.13. The van der Waals surface area contributed by atoms with E-state index >= 15 is 0 Å². The lowest BCUT2D eigenvalue weighted by molar-refractivity contribution is -0.0444. The summed E-state index contributed by atoms with van der Waals surface area (Å²) in [5.41, 5.74) is 1.12. The third-order valence-electron chi connectivity index (χ3n) is 3.59. The Balaban J connectivity index is 1.65. The molecule has 1 saturated heterocycles. The van der Waals surface area contributed by atoms with Gasteiger partial charge in [0.25, 0.3) is 10.2 Å². The van der Waals surface area contributed by atoms with Crippen LogP contribution < -0.4 is 4.72 Å². The molecule has 1 aromatic rings. The molecule has 0 saturated carbocycles. The van der Waals surface area contributed by atoms with Gasteiger partial charge in [0.05, 0.1) is 18.8 Å². The summed E-state index contributed by atoms with van der Waals surface area (Å²) in [6.45, 7) is 6.00. The molecule has 130 valence electrons. The van der Waals surface area contributed by atoms with E-state index in [0.717, 1.165) is 5.56 Å². The first-order valence-electron chi connectivity index (χ1n) is 7.99. The van der Waals surface area contributed by atoms with Crippen LogP contribution in [0.5, 0.6) is 0 Å². The Morgan fingerprint density at radius 3 is 2.52 bits per heavy atom. The molecule has 0 aromatic heterocycles. The summed E-state index contributed by atoms with van der Waals surface area (Å²) in [6.07, 6.45) is 0.482. The Kier molecular flexibility index (Phi) is 6.98. The van der Waals surface area contributed by atoms with Crippen LogP contribution in [0.25, 0.3) is 0 Å². The molecule has 1 aromatic carbocycles. The van der Waals surface area contributed by atoms with Crippen LogP contribution in [0.3, 0.4) is 0 Å². The Labute approximate surface area is 139 Å². The van der Waals surface area contributed by atoms with E-state index in [9.17, 15) is 8.42 Å². The fourth-order valence-corrected chi connectivity index (χ4v) is 3.96. The van der Waals surface area contributed by atoms with Crippen LogP contribution in [0, 0.1) is 0 Å². The van der Waals surface area contributed by atoms with Crippen molar-refractivity contribution in [1.82, 2.24) is 9.03 Å². The average molecular weight is 342 g/mol. The molecule has 1 fully saturated rings. The van der Waals surface area contributed by atoms with E-state index in [4.69, 9.17) is 9.47 Å². The summed E-state index contributed by atoms with van der Waals surface area (Å²) in [5.74, 6) is 0. The first kappa shape index (κ1) is 18.4. The summed E-state index contributed by atoms with van der Waals surface area (Å²) in [4.78, 5) is 0. The molecule has 2 atom stereocenters. The van der Waals surface area contributed by atoms with Gasteiger partial charge in [-0.05, 0) is 25.8 Å². The van der Waals surface area contributed by atoms with Crippen molar-refractivity contribution in [3.63, 3.8) is 0 Å². The van der Waals surface area contributed by atoms with E-state index in [2.05, 4.69) is 4.72 Å². The van der Waals surface area contributed by atoms with Crippen LogP contribution in [-0.2, 0) is 26.3 Å². The number of rotatable bonds is 8. The van der Waals surface area contributed by atoms with Gasteiger partial charge < -0.3 is 9.47 Å². The van der Waals surface area contributed by atoms with Crippen LogP contribution in [-0.4, -0.2) is 51.2 Å². The van der Waals surface area contributed by atoms with Crippen LogP contribution in [0.15, 0.2) is 30.3 Å². The minimum Gasteiger partial charge on any atom is -0.377 e. The second-order valence-corrected chi connectivity index (χ2v) is 7.62. The van der Waals surface area contributed by atoms with Crippen LogP contribution in [0.4, 0.5) is 0 Å². The van der Waals surface area contributed by atoms with Gasteiger partial charge in [-0.3, -0.25) is 0 Å². The van der Waals surface area contributed by atoms with Gasteiger partial charge in [-0.2, -0.15) is 12.7 Å². The van der Waals surface area contributed by atoms with Gasteiger partial charge in [0.1, 0.15) is 0 Å². The van der Waals surface area contributed by atoms with Gasteiger partial charge in [-0.25, -0.2) is 4.72 Å². The predicted molar refractivity (Wildman–Crippen MR) is 89.2 cm³/mol. The first-order chi connectivity index (χ1) is 11.0. The summed E-state index contributed by atoms with van der Waals surface area (Å²) >= 11 is 0. The topological polar surface area (TPSA) is 67.9 Å². The Morgan fingerprint density at radius 2 is 1.87 bits per heavy atom. The van der Waals surface area contributed by atoms with E-state index in [1.807, 2.05) is 44.2 Å². The number of nitrogens with one attached hydrogen (secondary N) is 1. The van der Waals surface area contributed by atoms with Crippen molar-refractivity contribution in [1.29, 1.82) is 0 Å². The molecule has 0 bridgehead atoms. The smallest absolute Gasteiger partial charge is 0.279 e. The number of benzene rings is 1. The number of nitrogens with zero attached hydrogens (tertiary/aromatic N) is 1. The van der Waals surface area contributed by atoms with Crippen molar-refractivity contribution < 1.29 is 17.9 Å². The molecule has 0 radical (unpaired) electrons. The van der Waals surface area contributed by atoms with Crippen LogP contribution in [0.2, 0.25) is 0 Å². The van der Waals surface area contributed by atoms with Crippen molar-refractivity contribution in [2.45, 2.75) is 39.1 Å². The molecule has 1 aliphatic rings. The van der Waals surface area contributed by atoms with Gasteiger partial charge in [0.2, 0.25) is 0 Å². The molecule has 1 heterocycles. The van der Waals surface area contributed by atoms with E-state index < -0.39 is 10.2 Å². The molecule has 7 heteroatoms. The standard InChI is InChI=1S/C16H26N2O4S/c1-14-11-18(12-15(2)22-14)23(19,20)17-9-6-10-21-13-16-7-4-3-5-8-16/h3-5,7-8,14-15,17H,6,9-13H2,1-2H3/t14-,15+. The zero-order valence-corrected chi connectivity index (χ0v) is 14.6. The number of hydrogen-bond donors (Lipinski definition) is 1. The van der Waals surface area contributed by atoms with Gasteiger partial charge in [0.15, 0.2) is 0 Å². The van der Waals surface area contributed by atoms with Crippen LogP contribution >= 0.6 is 0 Å². The number of morpholine rings is 1. The fraction of sp³-hybridized carbons (Fsp3) is 0.625. The van der Waals surface area contributed by atoms with Crippen molar-refractivity contribution in [3.8, 4) is 0 Å². The Morgan fingerprint density at radius 1 is 1.22 bits per heavy atom. The quantitative estimate of drug-likeness (QED) is 0.728. The maximum absolute atomic E-state index is 12.2. The highest BCUT2D eigenvalue weighted by molar-refractivity contribution is 7.87. The summed E-state index contributed by atoms with van der Waals surface area (Å²) < 4.78 is 39.7. The molecule has 0 amide bonds. The van der Waals surface area contributed by atoms with Gasteiger partial charge in [-0.15, -0.1) is 0 Å². The molecule has 0 aliphatic carbocycles. The highest BCUT2D eigenvalue weighted by Gasteiger charge is 2.30. The van der Waals surface area contributed by atoms with Gasteiger partial charge >= 0.3 is 0 Å². The van der Waals surface area contributed by atoms with Gasteiger partial charge in [-0.1, -0.05) is 30.3 Å². The molecule has 23 heavy (non-hydrogen) atoms. The average Bonchev–Trinajstić information content (AvgIpc) is 2.51. The fourth-order valence-electron chi connectivity index (χ4n) is 2.56. The maximum atomic E-state index is 12.2. The zero-order chi connectivity index (χ0) is 16.7. The molecular formula is C16H26N2O4S. The summed E-state index contributed by atoms with van der Waals surface area (Å²) in [7, 11) is -3.44. The Bertz CT molecular complexity index is 555. The van der Waals surface area contributed by atoms with E-state index in [0.29, 0.717) is 39.3 Å². The normalized spacial score (nSPS) is 23.0. The largest absolute Gasteiger partial charge is 0.377 e. The lowest BCUT2D eigenvalue weighted by Crippen LogP contribution is -2.52. The van der Waals surface area contributed by atoms with Crippen molar-refractivity contribution in [3.05, 3.63) is 35.9 Å². The van der Waals surface area contributed by atoms with E-state index in [1.165, 1.54) is 4.31 Å². The van der Waals surface area contributed by atoms with Crippen molar-refractivity contribution in [2.75, 3.05) is 26.2 Å². The lowest BCUT2D eigenvalue weighted by Gasteiger charge is -2.34. The zero-order valence-electron chi connectivity index (χ0n) is 13.8. The summed E-state index contributed by atoms with van der Waals surface area (Å²) in [6, 6.07) is 9.91. The maximum Gasteiger partial charge on any atom is 0.279 e. The molecule has 6 nitrogen and oxygen atoms in total. The summed E-state index contributed by atoms with van der Waals surface area (Å²) in [5, 5.41) is 0. The van der Waals surface area contributed by atoms with Gasteiger partial charge in [0, 0.05) is 26.2 Å². The molecule has 1 aliphatic heterocycles. The van der Waals surface area contributed by atoms with Crippen LogP contribution in [0.1, 0.15) is 25.8 Å². The van der Waals surface area contributed by atoms with Crippen molar-refractivity contribution in [2.24, 2.45) is 0 Å². The molecule has 0 unspecified atom stereocenters. The van der Waals surface area contributed by atoms with E-state index in [-0.39, 0.29) is 12.2 Å². The SMILES string of the molecule is C[C@@H]1CN(S(=O)(=O)NCCCOCc2ccccc2)C[C@H](C)O1. The minimum atomic E-state index is -3.44. The number of ether oxygens (including phenoxy) is 2. The molecule has 2 rings (SSSR count). The third kappa shape index (κ3) is 6.19. The molecule has 1 N–H and O–H groups in total. The highest BCUT2D eigenvalue weighted by Crippen LogP contribution is 2.13. The second-order valence-electron chi connectivity index (χ2n) is 5.87. The molecular weight excluding hydrogens is 316 g/mol. The monoisotopic (exact) mass is 342 g/mol. The van der Waals surface area contributed by atoms with Crippen molar-refractivity contribution >= 4 is 10.2 Å². The highest BCUT2D eigenvalue weighted by atomic mass is 32.2. The molecule has 0 spiro atoms. The lowest BCUT2D eigenvalue weighted by atomic mass is 10.2. The Hall–Kier alpha value is -0.990. The predicted octanol–water partition coefficient (Wildman–Crippen LogP) is 1.54. The van der Waals surface area contributed by atoms with E-state index in [1.54, 1.807) is 0 Å². The number of hydrogen-bond acceptors (Lipinski definition) is 4. The second kappa shape index (κ2) is 8.75. The minimum absolute atomic E-state index is 0.0791.